The lowest BCUT2D eigenvalue weighted by Crippen LogP contribution is -2.27. The van der Waals surface area contributed by atoms with Gasteiger partial charge in [-0.2, -0.15) is 5.26 Å². The monoisotopic (exact) mass is 414 g/mol. The Morgan fingerprint density at radius 3 is 2.31 bits per heavy atom. The van der Waals surface area contributed by atoms with E-state index < -0.39 is 15.9 Å². The predicted molar refractivity (Wildman–Crippen MR) is 108 cm³/mol. The Bertz CT molecular complexity index is 1010. The van der Waals surface area contributed by atoms with Crippen LogP contribution in [0.15, 0.2) is 65.2 Å². The third-order valence-corrected chi connectivity index (χ3v) is 4.96. The van der Waals surface area contributed by atoms with E-state index in [0.717, 1.165) is 16.9 Å². The molecule has 0 saturated heterocycles. The second kappa shape index (κ2) is 10.3. The number of sulfonamides is 1. The summed E-state index contributed by atoms with van der Waals surface area (Å²) in [5.41, 5.74) is 1.75. The van der Waals surface area contributed by atoms with Gasteiger partial charge in [0.25, 0.3) is 5.91 Å². The van der Waals surface area contributed by atoms with Crippen molar-refractivity contribution in [3.05, 3.63) is 71.4 Å². The van der Waals surface area contributed by atoms with Gasteiger partial charge in [-0.05, 0) is 41.8 Å². The van der Waals surface area contributed by atoms with E-state index in [1.165, 1.54) is 18.3 Å². The first-order chi connectivity index (χ1) is 13.8. The maximum absolute atomic E-state index is 12.1. The van der Waals surface area contributed by atoms with Crippen LogP contribution < -0.4 is 20.5 Å². The molecule has 4 N–H and O–H groups in total. The first-order valence-corrected chi connectivity index (χ1v) is 10.2. The maximum atomic E-state index is 12.1. The van der Waals surface area contributed by atoms with Crippen LogP contribution in [-0.2, 0) is 27.8 Å². The van der Waals surface area contributed by atoms with Crippen molar-refractivity contribution in [1.29, 1.82) is 5.26 Å². The van der Waals surface area contributed by atoms with Crippen LogP contribution in [0.3, 0.4) is 0 Å². The van der Waals surface area contributed by atoms with Crippen LogP contribution >= 0.6 is 0 Å². The molecule has 0 radical (unpaired) electrons. The fourth-order valence-corrected chi connectivity index (χ4v) is 2.94. The van der Waals surface area contributed by atoms with Gasteiger partial charge in [0.1, 0.15) is 17.4 Å². The summed E-state index contributed by atoms with van der Waals surface area (Å²) in [6, 6.07) is 15.4. The Labute approximate surface area is 170 Å². The highest BCUT2D eigenvalue weighted by atomic mass is 32.2. The molecule has 152 valence electrons. The number of hydrogen-bond acceptors (Lipinski definition) is 6. The summed E-state index contributed by atoms with van der Waals surface area (Å²) < 4.78 is 27.6. The normalized spacial score (nSPS) is 11.4. The third-order valence-electron chi connectivity index (χ3n) is 4.03. The van der Waals surface area contributed by atoms with E-state index in [1.54, 1.807) is 19.2 Å². The molecule has 0 aliphatic carbocycles. The van der Waals surface area contributed by atoms with Crippen molar-refractivity contribution in [2.45, 2.75) is 17.9 Å². The lowest BCUT2D eigenvalue weighted by atomic mass is 10.1. The Hall–Kier alpha value is -3.35. The van der Waals surface area contributed by atoms with E-state index >= 15 is 0 Å². The molecule has 0 heterocycles. The molecule has 0 aromatic heterocycles. The average Bonchev–Trinajstić information content (AvgIpc) is 2.71. The zero-order chi connectivity index (χ0) is 21.3. The minimum Gasteiger partial charge on any atom is -0.497 e. The molecule has 9 heteroatoms. The topological polar surface area (TPSA) is 134 Å². The number of nitriles is 1. The van der Waals surface area contributed by atoms with E-state index in [1.807, 2.05) is 30.3 Å². The van der Waals surface area contributed by atoms with Crippen molar-refractivity contribution >= 4 is 15.9 Å². The summed E-state index contributed by atoms with van der Waals surface area (Å²) >= 11 is 0. The molecule has 29 heavy (non-hydrogen) atoms. The number of nitrogens with two attached hydrogens (primary N) is 1. The highest BCUT2D eigenvalue weighted by Crippen LogP contribution is 2.11. The molecule has 0 spiro atoms. The predicted octanol–water partition coefficient (Wildman–Crippen LogP) is 1.20. The second-order valence-corrected chi connectivity index (χ2v) is 7.66. The molecule has 2 aromatic rings. The standard InChI is InChI=1S/C20H22N4O4S/c1-28-18-6-2-15(3-7-18)10-11-24-20(25)17(12-21)14-23-13-16-4-8-19(9-5-16)29(22,26)27/h2-9,14,23H,10-11,13H2,1H3,(H,24,25)(H2,22,26,27)/b17-14-. The van der Waals surface area contributed by atoms with E-state index in [-0.39, 0.29) is 10.5 Å². The summed E-state index contributed by atoms with van der Waals surface area (Å²) in [6.45, 7) is 0.703. The quantitative estimate of drug-likeness (QED) is 0.417. The molecular formula is C20H22N4O4S. The molecule has 0 unspecified atom stereocenters. The van der Waals surface area contributed by atoms with Crippen LogP contribution in [0.5, 0.6) is 5.75 Å². The van der Waals surface area contributed by atoms with Crippen molar-refractivity contribution in [2.75, 3.05) is 13.7 Å². The van der Waals surface area contributed by atoms with Gasteiger partial charge >= 0.3 is 0 Å². The van der Waals surface area contributed by atoms with Gasteiger partial charge in [-0.3, -0.25) is 4.79 Å². The average molecular weight is 414 g/mol. The lowest BCUT2D eigenvalue weighted by Gasteiger charge is -2.07. The van der Waals surface area contributed by atoms with Crippen LogP contribution in [0.1, 0.15) is 11.1 Å². The molecule has 2 rings (SSSR count). The number of benzene rings is 2. The summed E-state index contributed by atoms with van der Waals surface area (Å²) in [5.74, 6) is 0.288. The third kappa shape index (κ3) is 6.95. The van der Waals surface area contributed by atoms with Crippen LogP contribution in [0.25, 0.3) is 0 Å². The summed E-state index contributed by atoms with van der Waals surface area (Å²) in [7, 11) is -2.14. The molecule has 0 atom stereocenters. The van der Waals surface area contributed by atoms with Crippen LogP contribution in [0, 0.1) is 11.3 Å². The number of methoxy groups -OCH3 is 1. The molecular weight excluding hydrogens is 392 g/mol. The van der Waals surface area contributed by atoms with Gasteiger partial charge in [0.05, 0.1) is 12.0 Å². The number of ether oxygens (including phenoxy) is 1. The van der Waals surface area contributed by atoms with Crippen molar-refractivity contribution in [1.82, 2.24) is 10.6 Å². The van der Waals surface area contributed by atoms with Gasteiger partial charge in [0.2, 0.25) is 10.0 Å². The zero-order valence-electron chi connectivity index (χ0n) is 15.9. The summed E-state index contributed by atoms with van der Waals surface area (Å²) in [6.07, 6.45) is 1.95. The number of amides is 1. The van der Waals surface area contributed by atoms with Crippen molar-refractivity contribution in [2.24, 2.45) is 5.14 Å². The van der Waals surface area contributed by atoms with Crippen LogP contribution in [0.2, 0.25) is 0 Å². The Kier molecular flexibility index (Phi) is 7.77. The number of primary sulfonamides is 1. The number of rotatable bonds is 9. The summed E-state index contributed by atoms with van der Waals surface area (Å²) in [4.78, 5) is 12.1. The summed E-state index contributed by atoms with van der Waals surface area (Å²) in [5, 5.41) is 19.8. The van der Waals surface area contributed by atoms with Gasteiger partial charge in [-0.25, -0.2) is 13.6 Å². The van der Waals surface area contributed by atoms with E-state index in [9.17, 15) is 18.5 Å². The Morgan fingerprint density at radius 1 is 1.14 bits per heavy atom. The minimum absolute atomic E-state index is 0.0192. The van der Waals surface area contributed by atoms with E-state index in [0.29, 0.717) is 19.5 Å². The first kappa shape index (κ1) is 21.9. The molecule has 0 bridgehead atoms. The highest BCUT2D eigenvalue weighted by Gasteiger charge is 2.09. The molecule has 0 saturated carbocycles. The van der Waals surface area contributed by atoms with Gasteiger partial charge in [0, 0.05) is 19.3 Å². The van der Waals surface area contributed by atoms with Crippen LogP contribution in [0.4, 0.5) is 0 Å². The van der Waals surface area contributed by atoms with Crippen molar-refractivity contribution < 1.29 is 17.9 Å². The lowest BCUT2D eigenvalue weighted by molar-refractivity contribution is -0.117. The van der Waals surface area contributed by atoms with E-state index in [2.05, 4.69) is 10.6 Å². The van der Waals surface area contributed by atoms with E-state index in [4.69, 9.17) is 9.88 Å². The molecule has 8 nitrogen and oxygen atoms in total. The van der Waals surface area contributed by atoms with Gasteiger partial charge in [0.15, 0.2) is 0 Å². The Morgan fingerprint density at radius 2 is 1.76 bits per heavy atom. The molecule has 1 amide bonds. The number of hydrogen-bond donors (Lipinski definition) is 3. The fraction of sp³-hybridized carbons (Fsp3) is 0.200. The number of nitrogens with one attached hydrogen (secondary N) is 2. The van der Waals surface area contributed by atoms with Crippen molar-refractivity contribution in [3.8, 4) is 11.8 Å². The first-order valence-electron chi connectivity index (χ1n) is 8.70. The number of carbonyl (C=O) groups excluding carboxylic acids is 1. The SMILES string of the molecule is COc1ccc(CCNC(=O)/C(C#N)=C\NCc2ccc(S(N)(=O)=O)cc2)cc1. The highest BCUT2D eigenvalue weighted by molar-refractivity contribution is 7.89. The van der Waals surface area contributed by atoms with Gasteiger partial charge in [-0.1, -0.05) is 24.3 Å². The number of carbonyl (C=O) groups is 1. The second-order valence-electron chi connectivity index (χ2n) is 6.09. The fourth-order valence-electron chi connectivity index (χ4n) is 2.42. The van der Waals surface area contributed by atoms with Crippen LogP contribution in [-0.4, -0.2) is 28.0 Å². The van der Waals surface area contributed by atoms with Gasteiger partial charge < -0.3 is 15.4 Å². The smallest absolute Gasteiger partial charge is 0.263 e. The zero-order valence-corrected chi connectivity index (χ0v) is 16.7. The van der Waals surface area contributed by atoms with Gasteiger partial charge in [-0.15, -0.1) is 0 Å². The molecule has 0 aliphatic heterocycles. The molecule has 0 fully saturated rings. The minimum atomic E-state index is -3.74. The molecule has 0 aliphatic rings. The largest absolute Gasteiger partial charge is 0.497 e. The maximum Gasteiger partial charge on any atom is 0.263 e. The Balaban J connectivity index is 1.83. The molecule has 2 aromatic carbocycles. The van der Waals surface area contributed by atoms with Crippen molar-refractivity contribution in [3.63, 3.8) is 0 Å². The number of nitrogens with zero attached hydrogens (tertiary/aromatic N) is 1.